The molecule has 0 aromatic heterocycles. The summed E-state index contributed by atoms with van der Waals surface area (Å²) in [6.07, 6.45) is 4.24. The number of hydrogen-bond donors (Lipinski definition) is 2. The van der Waals surface area contributed by atoms with E-state index >= 15 is 0 Å². The predicted octanol–water partition coefficient (Wildman–Crippen LogP) is 3.91. The molecule has 0 saturated carbocycles. The summed E-state index contributed by atoms with van der Waals surface area (Å²) in [5, 5.41) is 14.0. The molecule has 21 heavy (non-hydrogen) atoms. The molecule has 0 unspecified atom stereocenters. The third-order valence-electron chi connectivity index (χ3n) is 2.07. The molecule has 3 heteroatoms. The van der Waals surface area contributed by atoms with Crippen LogP contribution in [-0.4, -0.2) is 24.4 Å². The molecule has 2 N–H and O–H groups in total. The molecular weight excluding hydrogens is 304 g/mol. The second-order valence-corrected chi connectivity index (χ2v) is 3.15. The zero-order chi connectivity index (χ0) is 15.6. The minimum absolute atomic E-state index is 0. The van der Waals surface area contributed by atoms with Crippen LogP contribution in [0.15, 0.2) is 60.7 Å². The third-order valence-corrected chi connectivity index (χ3v) is 2.07. The fraction of sp³-hybridized carbons (Fsp3) is 0.167. The van der Waals surface area contributed by atoms with Gasteiger partial charge in [0.25, 0.3) is 0 Å². The molecule has 0 aliphatic carbocycles. The summed E-state index contributed by atoms with van der Waals surface area (Å²) in [5.41, 5.74) is 2.47. The van der Waals surface area contributed by atoms with Crippen molar-refractivity contribution in [1.82, 2.24) is 0 Å². The van der Waals surface area contributed by atoms with Crippen molar-refractivity contribution >= 4 is 12.2 Å². The van der Waals surface area contributed by atoms with E-state index in [1.165, 1.54) is 11.1 Å². The van der Waals surface area contributed by atoms with Gasteiger partial charge in [0.15, 0.2) is 0 Å². The van der Waals surface area contributed by atoms with Gasteiger partial charge in [-0.1, -0.05) is 72.8 Å². The Balaban J connectivity index is -0.000000414. The van der Waals surface area contributed by atoms with E-state index in [4.69, 9.17) is 10.2 Å². The predicted molar refractivity (Wildman–Crippen MR) is 89.1 cm³/mol. The number of benzene rings is 2. The van der Waals surface area contributed by atoms with Crippen LogP contribution in [0.4, 0.5) is 0 Å². The Labute approximate surface area is 139 Å². The minimum Gasteiger partial charge on any atom is -0.400 e. The summed E-state index contributed by atoms with van der Waals surface area (Å²) in [4.78, 5) is 0. The van der Waals surface area contributed by atoms with Gasteiger partial charge in [0.2, 0.25) is 0 Å². The van der Waals surface area contributed by atoms with Crippen LogP contribution in [0.5, 0.6) is 0 Å². The normalized spacial score (nSPS) is 7.90. The van der Waals surface area contributed by atoms with E-state index in [0.29, 0.717) is 0 Å². The maximum absolute atomic E-state index is 7.00. The maximum Gasteiger partial charge on any atom is 0.0319 e. The van der Waals surface area contributed by atoms with Gasteiger partial charge in [-0.25, -0.2) is 0 Å². The Morgan fingerprint density at radius 2 is 0.857 bits per heavy atom. The smallest absolute Gasteiger partial charge is 0.0319 e. The quantitative estimate of drug-likeness (QED) is 0.498. The van der Waals surface area contributed by atoms with E-state index in [9.17, 15) is 0 Å². The fourth-order valence-corrected chi connectivity index (χ4v) is 1.32. The topological polar surface area (TPSA) is 40.5 Å². The van der Waals surface area contributed by atoms with Gasteiger partial charge in [-0.15, -0.1) is 0 Å². The van der Waals surface area contributed by atoms with Crippen molar-refractivity contribution in [3.8, 4) is 0 Å². The summed E-state index contributed by atoms with van der Waals surface area (Å²) in [6, 6.07) is 20.6. The van der Waals surface area contributed by atoms with Gasteiger partial charge in [-0.3, -0.25) is 0 Å². The first-order valence-electron chi connectivity index (χ1n) is 6.33. The molecule has 118 valence electrons. The molecule has 0 atom stereocenters. The molecule has 0 spiro atoms. The second kappa shape index (κ2) is 20.9. The van der Waals surface area contributed by atoms with Crippen LogP contribution in [0.25, 0.3) is 12.2 Å². The average molecular weight is 329 g/mol. The number of aliphatic hydroxyl groups excluding tert-OH is 2. The molecule has 2 rings (SSSR count). The van der Waals surface area contributed by atoms with Gasteiger partial charge in [0, 0.05) is 31.3 Å². The molecule has 2 nitrogen and oxygen atoms in total. The molecule has 0 heterocycles. The second-order valence-electron chi connectivity index (χ2n) is 3.15. The van der Waals surface area contributed by atoms with Gasteiger partial charge >= 0.3 is 0 Å². The molecule has 2 aromatic carbocycles. The number of rotatable bonds is 2. The van der Waals surface area contributed by atoms with Gasteiger partial charge in [-0.2, -0.15) is 6.92 Å². The fourth-order valence-electron chi connectivity index (χ4n) is 1.32. The molecule has 0 aliphatic heterocycles. The average Bonchev–Trinajstić information content (AvgIpc) is 2.60. The van der Waals surface area contributed by atoms with Crippen LogP contribution in [0, 0.1) is 6.92 Å². The van der Waals surface area contributed by atoms with Gasteiger partial charge in [0.05, 0.1) is 0 Å². The Bertz CT molecular complexity index is 372. The van der Waals surface area contributed by atoms with Crippen molar-refractivity contribution in [3.63, 3.8) is 0 Å². The van der Waals surface area contributed by atoms with Crippen molar-refractivity contribution in [2.45, 2.75) is 6.92 Å². The zero-order valence-electron chi connectivity index (χ0n) is 12.9. The van der Waals surface area contributed by atoms with E-state index in [0.717, 1.165) is 14.2 Å². The molecule has 0 aliphatic rings. The van der Waals surface area contributed by atoms with Crippen molar-refractivity contribution in [2.75, 3.05) is 14.2 Å². The summed E-state index contributed by atoms with van der Waals surface area (Å²) >= 11 is 0. The van der Waals surface area contributed by atoms with E-state index in [2.05, 4.69) is 43.3 Å². The number of hydrogen-bond acceptors (Lipinski definition) is 2. The molecule has 0 amide bonds. The minimum atomic E-state index is 0. The van der Waals surface area contributed by atoms with E-state index in [1.54, 1.807) is 6.92 Å². The van der Waals surface area contributed by atoms with Crippen molar-refractivity contribution in [3.05, 3.63) is 78.7 Å². The molecule has 0 fully saturated rings. The monoisotopic (exact) mass is 329 g/mol. The summed E-state index contributed by atoms with van der Waals surface area (Å²) in [7, 11) is 2.00. The van der Waals surface area contributed by atoms with E-state index < -0.39 is 0 Å². The largest absolute Gasteiger partial charge is 0.400 e. The van der Waals surface area contributed by atoms with Gasteiger partial charge < -0.3 is 17.1 Å². The van der Waals surface area contributed by atoms with Gasteiger partial charge in [0.1, 0.15) is 0 Å². The third kappa shape index (κ3) is 13.4. The first kappa shape index (κ1) is 24.6. The molecule has 2 aromatic rings. The van der Waals surface area contributed by atoms with E-state index in [-0.39, 0.29) is 17.1 Å². The van der Waals surface area contributed by atoms with Crippen molar-refractivity contribution in [1.29, 1.82) is 0 Å². The Kier molecular flexibility index (Phi) is 24.5. The van der Waals surface area contributed by atoms with Crippen LogP contribution in [0.1, 0.15) is 18.1 Å². The standard InChI is InChI=1S/C14H12.C2H5.2CH4O.Fe/c1-3-7-13(8-4-1)11-12-14-9-5-2-6-10-14;3*1-2;/h1-12H;1H2,2H3;2*2H,1H3;/q;-1;;;. The molecular formula is C18H25FeO2-. The summed E-state index contributed by atoms with van der Waals surface area (Å²) < 4.78 is 0. The number of aliphatic hydroxyl groups is 2. The van der Waals surface area contributed by atoms with Crippen LogP contribution >= 0.6 is 0 Å². The summed E-state index contributed by atoms with van der Waals surface area (Å²) in [6.45, 7) is 5.00. The Morgan fingerprint density at radius 3 is 1.10 bits per heavy atom. The van der Waals surface area contributed by atoms with Crippen molar-refractivity contribution in [2.24, 2.45) is 0 Å². The molecule has 0 radical (unpaired) electrons. The SMILES string of the molecule is C(=Cc1ccccc1)c1ccccc1.CO.CO.[CH2-]C.[Fe]. The Morgan fingerprint density at radius 1 is 0.619 bits per heavy atom. The maximum atomic E-state index is 7.00. The molecule has 0 bridgehead atoms. The van der Waals surface area contributed by atoms with Crippen LogP contribution in [0.2, 0.25) is 0 Å². The Hall–Kier alpha value is -1.38. The first-order valence-corrected chi connectivity index (χ1v) is 6.33. The van der Waals surface area contributed by atoms with Gasteiger partial charge in [-0.05, 0) is 11.1 Å². The van der Waals surface area contributed by atoms with Crippen molar-refractivity contribution < 1.29 is 27.3 Å². The zero-order valence-corrected chi connectivity index (χ0v) is 14.0. The van der Waals surface area contributed by atoms with Crippen LogP contribution < -0.4 is 0 Å². The summed E-state index contributed by atoms with van der Waals surface area (Å²) in [5.74, 6) is 0. The van der Waals surface area contributed by atoms with Crippen LogP contribution in [0.3, 0.4) is 0 Å². The molecule has 0 saturated heterocycles. The van der Waals surface area contributed by atoms with Crippen LogP contribution in [-0.2, 0) is 17.1 Å². The van der Waals surface area contributed by atoms with E-state index in [1.807, 2.05) is 36.4 Å². The first-order chi connectivity index (χ1) is 9.95.